The molecule has 6 heteroatoms. The normalized spacial score (nSPS) is 11.4. The molecule has 0 rings (SSSR count). The Labute approximate surface area is 287 Å². The molecule has 0 saturated heterocycles. The van der Waals surface area contributed by atoms with Crippen LogP contribution in [0.15, 0.2) is 0 Å². The Hall–Kier alpha value is -0.690. The summed E-state index contributed by atoms with van der Waals surface area (Å²) in [7, 11) is 0. The van der Waals surface area contributed by atoms with Gasteiger partial charge in [0.05, 0.1) is 46.2 Å². The SMILES string of the molecule is CCCCCCCCCCCCCCCCOCCOCCOCCOCCOC(=O)CCCCCCCCCCCCCCC. The van der Waals surface area contributed by atoms with Crippen molar-refractivity contribution in [3.05, 3.63) is 0 Å². The van der Waals surface area contributed by atoms with E-state index in [1.165, 1.54) is 154 Å². The number of esters is 1. The fourth-order valence-corrected chi connectivity index (χ4v) is 5.73. The third-order valence-electron chi connectivity index (χ3n) is 8.73. The summed E-state index contributed by atoms with van der Waals surface area (Å²) < 4.78 is 27.5. The highest BCUT2D eigenvalue weighted by Gasteiger charge is 2.03. The number of hydrogen-bond acceptors (Lipinski definition) is 6. The summed E-state index contributed by atoms with van der Waals surface area (Å²) in [5, 5.41) is 0. The zero-order chi connectivity index (χ0) is 33.3. The molecular weight excluding hydrogens is 576 g/mol. The molecule has 0 saturated carbocycles. The highest BCUT2D eigenvalue weighted by molar-refractivity contribution is 5.69. The van der Waals surface area contributed by atoms with Gasteiger partial charge in [-0.1, -0.05) is 174 Å². The molecule has 0 fully saturated rings. The second-order valence-electron chi connectivity index (χ2n) is 13.3. The van der Waals surface area contributed by atoms with Crippen molar-refractivity contribution in [1.29, 1.82) is 0 Å². The molecule has 0 spiro atoms. The van der Waals surface area contributed by atoms with Crippen molar-refractivity contribution in [2.75, 3.05) is 59.5 Å². The molecule has 0 aliphatic carbocycles. The highest BCUT2D eigenvalue weighted by atomic mass is 16.6. The molecule has 0 aromatic rings. The molecule has 6 nitrogen and oxygen atoms in total. The zero-order valence-electron chi connectivity index (χ0n) is 31.1. The van der Waals surface area contributed by atoms with Gasteiger partial charge in [0.1, 0.15) is 6.61 Å². The molecule has 0 bridgehead atoms. The fraction of sp³-hybridized carbons (Fsp3) is 0.975. The van der Waals surface area contributed by atoms with Crippen LogP contribution in [0.3, 0.4) is 0 Å². The van der Waals surface area contributed by atoms with Gasteiger partial charge < -0.3 is 23.7 Å². The topological polar surface area (TPSA) is 63.2 Å². The Morgan fingerprint density at radius 3 is 0.913 bits per heavy atom. The Morgan fingerprint density at radius 2 is 0.565 bits per heavy atom. The average Bonchev–Trinajstić information content (AvgIpc) is 3.06. The van der Waals surface area contributed by atoms with E-state index in [1.807, 2.05) is 0 Å². The van der Waals surface area contributed by atoms with Crippen molar-refractivity contribution in [2.24, 2.45) is 0 Å². The molecule has 0 N–H and O–H groups in total. The second kappa shape index (κ2) is 42.3. The molecule has 0 amide bonds. The smallest absolute Gasteiger partial charge is 0.305 e. The van der Waals surface area contributed by atoms with E-state index in [1.54, 1.807) is 0 Å². The summed E-state index contributed by atoms with van der Waals surface area (Å²) in [5.74, 6) is -0.108. The zero-order valence-corrected chi connectivity index (χ0v) is 31.1. The Morgan fingerprint density at radius 1 is 0.304 bits per heavy atom. The van der Waals surface area contributed by atoms with E-state index in [0.717, 1.165) is 25.9 Å². The largest absolute Gasteiger partial charge is 0.463 e. The molecule has 0 atom stereocenters. The molecular formula is C40H80O6. The van der Waals surface area contributed by atoms with Crippen LogP contribution in [0.2, 0.25) is 0 Å². The van der Waals surface area contributed by atoms with E-state index < -0.39 is 0 Å². The number of rotatable bonds is 41. The van der Waals surface area contributed by atoms with E-state index in [0.29, 0.717) is 59.3 Å². The van der Waals surface area contributed by atoms with Crippen molar-refractivity contribution in [2.45, 2.75) is 194 Å². The van der Waals surface area contributed by atoms with Gasteiger partial charge in [0.25, 0.3) is 0 Å². The Balaban J connectivity index is 3.12. The molecule has 0 heterocycles. The second-order valence-corrected chi connectivity index (χ2v) is 13.3. The number of hydrogen-bond donors (Lipinski definition) is 0. The fourth-order valence-electron chi connectivity index (χ4n) is 5.73. The van der Waals surface area contributed by atoms with Gasteiger partial charge in [0.2, 0.25) is 0 Å². The van der Waals surface area contributed by atoms with Crippen molar-refractivity contribution >= 4 is 5.97 Å². The predicted molar refractivity (Wildman–Crippen MR) is 195 cm³/mol. The number of carbonyl (C=O) groups is 1. The quantitative estimate of drug-likeness (QED) is 0.0482. The van der Waals surface area contributed by atoms with Crippen LogP contribution in [-0.2, 0) is 28.5 Å². The predicted octanol–water partition coefficient (Wildman–Crippen LogP) is 11.6. The molecule has 0 aliphatic heterocycles. The van der Waals surface area contributed by atoms with E-state index in [2.05, 4.69) is 13.8 Å². The summed E-state index contributed by atoms with van der Waals surface area (Å²) in [6, 6.07) is 0. The number of carbonyl (C=O) groups excluding carboxylic acids is 1. The van der Waals surface area contributed by atoms with Gasteiger partial charge in [-0.25, -0.2) is 0 Å². The first-order valence-electron chi connectivity index (χ1n) is 20.3. The van der Waals surface area contributed by atoms with Crippen LogP contribution in [0.25, 0.3) is 0 Å². The van der Waals surface area contributed by atoms with E-state index in [4.69, 9.17) is 23.7 Å². The van der Waals surface area contributed by atoms with Crippen LogP contribution in [0.1, 0.15) is 194 Å². The van der Waals surface area contributed by atoms with Gasteiger partial charge in [0.15, 0.2) is 0 Å². The first-order chi connectivity index (χ1) is 22.8. The first kappa shape index (κ1) is 45.3. The van der Waals surface area contributed by atoms with Crippen molar-refractivity contribution in [3.8, 4) is 0 Å². The third kappa shape index (κ3) is 41.3. The maximum atomic E-state index is 11.9. The van der Waals surface area contributed by atoms with Crippen LogP contribution in [0, 0.1) is 0 Å². The van der Waals surface area contributed by atoms with Crippen LogP contribution < -0.4 is 0 Å². The lowest BCUT2D eigenvalue weighted by molar-refractivity contribution is -0.145. The first-order valence-corrected chi connectivity index (χ1v) is 20.3. The summed E-state index contributed by atoms with van der Waals surface area (Å²) in [6.07, 6.45) is 36.8. The Kier molecular flexibility index (Phi) is 41.7. The summed E-state index contributed by atoms with van der Waals surface area (Å²) in [5.41, 5.74) is 0. The molecule has 0 aliphatic rings. The average molecular weight is 657 g/mol. The van der Waals surface area contributed by atoms with Crippen LogP contribution in [-0.4, -0.2) is 65.4 Å². The van der Waals surface area contributed by atoms with Crippen LogP contribution >= 0.6 is 0 Å². The van der Waals surface area contributed by atoms with Gasteiger partial charge in [-0.15, -0.1) is 0 Å². The van der Waals surface area contributed by atoms with E-state index in [9.17, 15) is 4.79 Å². The van der Waals surface area contributed by atoms with Gasteiger partial charge in [0, 0.05) is 13.0 Å². The molecule has 0 aromatic heterocycles. The van der Waals surface area contributed by atoms with Crippen LogP contribution in [0.4, 0.5) is 0 Å². The summed E-state index contributed by atoms with van der Waals surface area (Å²) >= 11 is 0. The molecule has 46 heavy (non-hydrogen) atoms. The lowest BCUT2D eigenvalue weighted by Crippen LogP contribution is -2.14. The van der Waals surface area contributed by atoms with Gasteiger partial charge >= 0.3 is 5.97 Å². The van der Waals surface area contributed by atoms with Gasteiger partial charge in [-0.2, -0.15) is 0 Å². The van der Waals surface area contributed by atoms with Crippen molar-refractivity contribution in [1.82, 2.24) is 0 Å². The molecule has 0 aromatic carbocycles. The lowest BCUT2D eigenvalue weighted by atomic mass is 10.0. The highest BCUT2D eigenvalue weighted by Crippen LogP contribution is 2.14. The van der Waals surface area contributed by atoms with E-state index >= 15 is 0 Å². The van der Waals surface area contributed by atoms with E-state index in [-0.39, 0.29) is 5.97 Å². The van der Waals surface area contributed by atoms with Gasteiger partial charge in [-0.05, 0) is 12.8 Å². The minimum Gasteiger partial charge on any atom is -0.463 e. The van der Waals surface area contributed by atoms with Gasteiger partial charge in [-0.3, -0.25) is 4.79 Å². The maximum Gasteiger partial charge on any atom is 0.305 e. The minimum atomic E-state index is -0.108. The van der Waals surface area contributed by atoms with Crippen LogP contribution in [0.5, 0.6) is 0 Å². The molecule has 0 radical (unpaired) electrons. The summed E-state index contributed by atoms with van der Waals surface area (Å²) in [6.45, 7) is 9.54. The van der Waals surface area contributed by atoms with Crippen molar-refractivity contribution < 1.29 is 28.5 Å². The lowest BCUT2D eigenvalue weighted by Gasteiger charge is -2.08. The molecule has 276 valence electrons. The monoisotopic (exact) mass is 657 g/mol. The van der Waals surface area contributed by atoms with Crippen molar-refractivity contribution in [3.63, 3.8) is 0 Å². The molecule has 0 unspecified atom stereocenters. The standard InChI is InChI=1S/C40H80O6/c1-3-5-7-9-11-13-15-17-19-21-23-25-27-29-31-42-32-33-43-34-35-44-36-37-45-38-39-46-40(41)30-28-26-24-22-20-18-16-14-12-10-8-6-4-2/h3-39H2,1-2H3. The maximum absolute atomic E-state index is 11.9. The number of ether oxygens (including phenoxy) is 5. The Bertz CT molecular complexity index is 558. The number of unbranched alkanes of at least 4 members (excludes halogenated alkanes) is 25. The summed E-state index contributed by atoms with van der Waals surface area (Å²) in [4.78, 5) is 11.9. The third-order valence-corrected chi connectivity index (χ3v) is 8.73. The minimum absolute atomic E-state index is 0.108.